The number of rotatable bonds is 3. The highest BCUT2D eigenvalue weighted by atomic mass is 32.2. The largest absolute Gasteiger partial charge is 0.379 e. The lowest BCUT2D eigenvalue weighted by Gasteiger charge is -2.25. The summed E-state index contributed by atoms with van der Waals surface area (Å²) in [6.45, 7) is 3.89. The number of ether oxygens (including phenoxy) is 1. The zero-order valence-corrected chi connectivity index (χ0v) is 6.49. The fourth-order valence-electron chi connectivity index (χ4n) is 0.598. The van der Waals surface area contributed by atoms with Gasteiger partial charge in [0.25, 0.3) is 0 Å². The zero-order valence-electron chi connectivity index (χ0n) is 5.67. The SMILES string of the molecule is CC(N)CSC1COC1. The molecular formula is C6H13NOS. The summed E-state index contributed by atoms with van der Waals surface area (Å²) in [5, 5.41) is 0.732. The van der Waals surface area contributed by atoms with E-state index in [4.69, 9.17) is 10.5 Å². The van der Waals surface area contributed by atoms with Crippen molar-refractivity contribution in [2.24, 2.45) is 5.73 Å². The first-order valence-electron chi connectivity index (χ1n) is 3.24. The molecule has 2 nitrogen and oxygen atoms in total. The highest BCUT2D eigenvalue weighted by molar-refractivity contribution is 8.00. The van der Waals surface area contributed by atoms with Gasteiger partial charge in [0, 0.05) is 11.8 Å². The molecule has 1 atom stereocenters. The summed E-state index contributed by atoms with van der Waals surface area (Å²) in [6.07, 6.45) is 0. The van der Waals surface area contributed by atoms with Crippen LogP contribution in [-0.4, -0.2) is 30.3 Å². The Labute approximate surface area is 60.1 Å². The Morgan fingerprint density at radius 3 is 2.78 bits per heavy atom. The van der Waals surface area contributed by atoms with Crippen molar-refractivity contribution in [1.82, 2.24) is 0 Å². The molecule has 2 N–H and O–H groups in total. The van der Waals surface area contributed by atoms with E-state index < -0.39 is 0 Å². The van der Waals surface area contributed by atoms with Gasteiger partial charge in [0.1, 0.15) is 0 Å². The molecule has 1 aliphatic heterocycles. The summed E-state index contributed by atoms with van der Waals surface area (Å²) in [4.78, 5) is 0. The number of hydrogen-bond donors (Lipinski definition) is 1. The first-order valence-corrected chi connectivity index (χ1v) is 4.29. The molecule has 0 aromatic rings. The molecule has 9 heavy (non-hydrogen) atoms. The van der Waals surface area contributed by atoms with Crippen LogP contribution < -0.4 is 5.73 Å². The van der Waals surface area contributed by atoms with Crippen molar-refractivity contribution in [3.63, 3.8) is 0 Å². The average Bonchev–Trinajstić information content (AvgIpc) is 1.60. The summed E-state index contributed by atoms with van der Waals surface area (Å²) in [6, 6.07) is 0.329. The third kappa shape index (κ3) is 2.56. The van der Waals surface area contributed by atoms with Crippen LogP contribution in [-0.2, 0) is 4.74 Å². The molecular weight excluding hydrogens is 134 g/mol. The van der Waals surface area contributed by atoms with Gasteiger partial charge < -0.3 is 10.5 Å². The molecule has 1 rings (SSSR count). The molecule has 0 bridgehead atoms. The summed E-state index contributed by atoms with van der Waals surface area (Å²) < 4.78 is 5.01. The van der Waals surface area contributed by atoms with E-state index in [1.807, 2.05) is 18.7 Å². The van der Waals surface area contributed by atoms with Gasteiger partial charge in [0.05, 0.1) is 18.5 Å². The highest BCUT2D eigenvalue weighted by Crippen LogP contribution is 2.18. The van der Waals surface area contributed by atoms with Gasteiger partial charge in [-0.3, -0.25) is 0 Å². The lowest BCUT2D eigenvalue weighted by atomic mass is 10.4. The summed E-state index contributed by atoms with van der Waals surface area (Å²) >= 11 is 1.92. The summed E-state index contributed by atoms with van der Waals surface area (Å²) in [5.41, 5.74) is 5.56. The molecule has 1 aliphatic rings. The Bertz CT molecular complexity index is 83.1. The molecule has 0 aromatic heterocycles. The first-order chi connectivity index (χ1) is 4.29. The molecule has 1 unspecified atom stereocenters. The Morgan fingerprint density at radius 2 is 2.44 bits per heavy atom. The lowest BCUT2D eigenvalue weighted by molar-refractivity contribution is 0.0455. The standard InChI is InChI=1S/C6H13NOS/c1-5(7)4-9-6-2-8-3-6/h5-6H,2-4,7H2,1H3. The molecule has 1 fully saturated rings. The van der Waals surface area contributed by atoms with Crippen LogP contribution in [0.1, 0.15) is 6.92 Å². The average molecular weight is 147 g/mol. The minimum Gasteiger partial charge on any atom is -0.379 e. The third-order valence-electron chi connectivity index (χ3n) is 1.20. The zero-order chi connectivity index (χ0) is 6.69. The Kier molecular flexibility index (Phi) is 2.82. The van der Waals surface area contributed by atoms with Crippen LogP contribution in [0.15, 0.2) is 0 Å². The molecule has 0 saturated carbocycles. The third-order valence-corrected chi connectivity index (χ3v) is 2.66. The van der Waals surface area contributed by atoms with Gasteiger partial charge in [-0.2, -0.15) is 11.8 Å². The smallest absolute Gasteiger partial charge is 0.0607 e. The number of thioether (sulfide) groups is 1. The first kappa shape index (κ1) is 7.38. The van der Waals surface area contributed by atoms with Crippen LogP contribution in [0.2, 0.25) is 0 Å². The van der Waals surface area contributed by atoms with Crippen molar-refractivity contribution in [3.05, 3.63) is 0 Å². The van der Waals surface area contributed by atoms with Gasteiger partial charge in [-0.05, 0) is 6.92 Å². The summed E-state index contributed by atoms with van der Waals surface area (Å²) in [5.74, 6) is 1.06. The Hall–Kier alpha value is 0.270. The van der Waals surface area contributed by atoms with Gasteiger partial charge in [-0.1, -0.05) is 0 Å². The number of nitrogens with two attached hydrogens (primary N) is 1. The topological polar surface area (TPSA) is 35.2 Å². The molecule has 0 amide bonds. The predicted octanol–water partition coefficient (Wildman–Crippen LogP) is 0.466. The van der Waals surface area contributed by atoms with Crippen LogP contribution in [0.4, 0.5) is 0 Å². The molecule has 0 aliphatic carbocycles. The van der Waals surface area contributed by atoms with Gasteiger partial charge in [-0.25, -0.2) is 0 Å². The number of hydrogen-bond acceptors (Lipinski definition) is 3. The van der Waals surface area contributed by atoms with Crippen molar-refractivity contribution in [2.75, 3.05) is 19.0 Å². The van der Waals surface area contributed by atoms with Crippen LogP contribution >= 0.6 is 11.8 Å². The second-order valence-corrected chi connectivity index (χ2v) is 3.80. The van der Waals surface area contributed by atoms with Crippen LogP contribution in [0.3, 0.4) is 0 Å². The normalized spacial score (nSPS) is 23.3. The van der Waals surface area contributed by atoms with E-state index in [-0.39, 0.29) is 0 Å². The van der Waals surface area contributed by atoms with E-state index in [2.05, 4.69) is 0 Å². The maximum Gasteiger partial charge on any atom is 0.0607 e. The van der Waals surface area contributed by atoms with Crippen molar-refractivity contribution in [3.8, 4) is 0 Å². The predicted molar refractivity (Wildman–Crippen MR) is 40.7 cm³/mol. The van der Waals surface area contributed by atoms with Gasteiger partial charge in [-0.15, -0.1) is 0 Å². The maximum absolute atomic E-state index is 5.56. The van der Waals surface area contributed by atoms with Gasteiger partial charge >= 0.3 is 0 Å². The van der Waals surface area contributed by atoms with E-state index in [1.54, 1.807) is 0 Å². The monoisotopic (exact) mass is 147 g/mol. The van der Waals surface area contributed by atoms with Crippen molar-refractivity contribution in [1.29, 1.82) is 0 Å². The highest BCUT2D eigenvalue weighted by Gasteiger charge is 2.18. The molecule has 1 saturated heterocycles. The fourth-order valence-corrected chi connectivity index (χ4v) is 1.56. The minimum atomic E-state index is 0.329. The maximum atomic E-state index is 5.56. The second-order valence-electron chi connectivity index (χ2n) is 2.47. The van der Waals surface area contributed by atoms with E-state index in [9.17, 15) is 0 Å². The second kappa shape index (κ2) is 3.44. The van der Waals surface area contributed by atoms with Gasteiger partial charge in [0.2, 0.25) is 0 Å². The van der Waals surface area contributed by atoms with Crippen LogP contribution in [0.5, 0.6) is 0 Å². The quantitative estimate of drug-likeness (QED) is 0.630. The van der Waals surface area contributed by atoms with Gasteiger partial charge in [0.15, 0.2) is 0 Å². The van der Waals surface area contributed by atoms with Crippen molar-refractivity contribution >= 4 is 11.8 Å². The van der Waals surface area contributed by atoms with E-state index in [1.165, 1.54) is 0 Å². The van der Waals surface area contributed by atoms with E-state index in [0.717, 1.165) is 24.2 Å². The molecule has 0 aromatic carbocycles. The fraction of sp³-hybridized carbons (Fsp3) is 1.00. The molecule has 0 radical (unpaired) electrons. The Morgan fingerprint density at radius 1 is 1.78 bits per heavy atom. The van der Waals surface area contributed by atoms with Crippen LogP contribution in [0.25, 0.3) is 0 Å². The summed E-state index contributed by atoms with van der Waals surface area (Å²) in [7, 11) is 0. The molecule has 0 spiro atoms. The Balaban J connectivity index is 1.91. The van der Waals surface area contributed by atoms with Crippen molar-refractivity contribution < 1.29 is 4.74 Å². The molecule has 1 heterocycles. The van der Waals surface area contributed by atoms with Crippen molar-refractivity contribution in [2.45, 2.75) is 18.2 Å². The van der Waals surface area contributed by atoms with Crippen LogP contribution in [0, 0.1) is 0 Å². The molecule has 3 heteroatoms. The van der Waals surface area contributed by atoms with E-state index >= 15 is 0 Å². The molecule has 54 valence electrons. The van der Waals surface area contributed by atoms with E-state index in [0.29, 0.717) is 6.04 Å². The minimum absolute atomic E-state index is 0.329. The lowest BCUT2D eigenvalue weighted by Crippen LogP contribution is -2.32.